The first-order valence-corrected chi connectivity index (χ1v) is 10.6. The summed E-state index contributed by atoms with van der Waals surface area (Å²) in [6, 6.07) is 24.1. The summed E-state index contributed by atoms with van der Waals surface area (Å²) in [5, 5.41) is 13.4. The quantitative estimate of drug-likeness (QED) is 0.327. The Morgan fingerprint density at radius 1 is 0.781 bits per heavy atom. The number of fused-ring (bicyclic) bond motifs is 2. The minimum absolute atomic E-state index is 0. The SMILES string of the molecule is CC(C)CCOc1ccc2ccccc2c1-c1c(OCC(=O)O)ccc2ccccc12.S. The van der Waals surface area contributed by atoms with Crippen LogP contribution in [0.15, 0.2) is 72.8 Å². The van der Waals surface area contributed by atoms with Crippen LogP contribution < -0.4 is 9.47 Å². The van der Waals surface area contributed by atoms with Crippen LogP contribution in [0.4, 0.5) is 0 Å². The fourth-order valence-electron chi connectivity index (χ4n) is 3.80. The first-order chi connectivity index (χ1) is 15.0. The number of hydrogen-bond donors (Lipinski definition) is 1. The Hall–Kier alpha value is -3.18. The van der Waals surface area contributed by atoms with Gasteiger partial charge < -0.3 is 14.6 Å². The molecule has 0 spiro atoms. The third kappa shape index (κ3) is 5.00. The van der Waals surface area contributed by atoms with Gasteiger partial charge in [0.05, 0.1) is 6.61 Å². The van der Waals surface area contributed by atoms with Crippen molar-refractivity contribution >= 4 is 41.0 Å². The van der Waals surface area contributed by atoms with E-state index in [4.69, 9.17) is 9.47 Å². The Bertz CT molecular complexity index is 1230. The number of hydrogen-bond acceptors (Lipinski definition) is 3. The first kappa shape index (κ1) is 23.5. The van der Waals surface area contributed by atoms with Gasteiger partial charge in [-0.2, -0.15) is 13.5 Å². The maximum absolute atomic E-state index is 11.2. The number of ether oxygens (including phenoxy) is 2. The van der Waals surface area contributed by atoms with Gasteiger partial charge in [0.15, 0.2) is 6.61 Å². The van der Waals surface area contributed by atoms with Crippen molar-refractivity contribution in [1.82, 2.24) is 0 Å². The summed E-state index contributed by atoms with van der Waals surface area (Å²) in [5.74, 6) is 0.836. The molecule has 0 aliphatic heterocycles. The van der Waals surface area contributed by atoms with Crippen molar-refractivity contribution in [1.29, 1.82) is 0 Å². The van der Waals surface area contributed by atoms with E-state index in [1.807, 2.05) is 54.6 Å². The molecule has 0 aliphatic carbocycles. The van der Waals surface area contributed by atoms with Crippen LogP contribution >= 0.6 is 13.5 Å². The number of rotatable bonds is 8. The lowest BCUT2D eigenvalue weighted by molar-refractivity contribution is -0.139. The average molecular weight is 449 g/mol. The van der Waals surface area contributed by atoms with Crippen LogP contribution in [0.1, 0.15) is 20.3 Å². The third-order valence-corrected chi connectivity index (χ3v) is 5.34. The molecule has 1 N–H and O–H groups in total. The van der Waals surface area contributed by atoms with Gasteiger partial charge in [-0.05, 0) is 46.0 Å². The van der Waals surface area contributed by atoms with Crippen molar-refractivity contribution in [3.63, 3.8) is 0 Å². The Labute approximate surface area is 195 Å². The van der Waals surface area contributed by atoms with Crippen LogP contribution in [0, 0.1) is 5.92 Å². The highest BCUT2D eigenvalue weighted by molar-refractivity contribution is 7.59. The summed E-state index contributed by atoms with van der Waals surface area (Å²) < 4.78 is 12.0. The number of carbonyl (C=O) groups is 1. The molecule has 32 heavy (non-hydrogen) atoms. The van der Waals surface area contributed by atoms with E-state index < -0.39 is 12.6 Å². The maximum atomic E-state index is 11.2. The van der Waals surface area contributed by atoms with Crippen LogP contribution in [0.25, 0.3) is 32.7 Å². The summed E-state index contributed by atoms with van der Waals surface area (Å²) in [6.07, 6.45) is 0.949. The zero-order valence-electron chi connectivity index (χ0n) is 18.3. The molecule has 0 radical (unpaired) electrons. The van der Waals surface area contributed by atoms with Gasteiger partial charge in [-0.3, -0.25) is 0 Å². The molecule has 0 saturated carbocycles. The molecule has 0 atom stereocenters. The van der Waals surface area contributed by atoms with E-state index in [0.29, 0.717) is 18.3 Å². The maximum Gasteiger partial charge on any atom is 0.341 e. The summed E-state index contributed by atoms with van der Waals surface area (Å²) in [4.78, 5) is 11.2. The minimum atomic E-state index is -1.01. The number of benzene rings is 4. The Kier molecular flexibility index (Phi) is 7.65. The summed E-state index contributed by atoms with van der Waals surface area (Å²) in [6.45, 7) is 4.55. The molecular formula is C27H28O4S. The van der Waals surface area contributed by atoms with E-state index in [1.165, 1.54) is 0 Å². The van der Waals surface area contributed by atoms with Gasteiger partial charge in [0.1, 0.15) is 11.5 Å². The van der Waals surface area contributed by atoms with Crippen molar-refractivity contribution in [3.8, 4) is 22.6 Å². The lowest BCUT2D eigenvalue weighted by atomic mass is 9.92. The van der Waals surface area contributed by atoms with Gasteiger partial charge in [0.25, 0.3) is 0 Å². The van der Waals surface area contributed by atoms with Crippen molar-refractivity contribution in [2.75, 3.05) is 13.2 Å². The van der Waals surface area contributed by atoms with Crippen LogP contribution in [0.5, 0.6) is 11.5 Å². The third-order valence-electron chi connectivity index (χ3n) is 5.34. The largest absolute Gasteiger partial charge is 0.493 e. The highest BCUT2D eigenvalue weighted by atomic mass is 32.1. The second kappa shape index (κ2) is 10.4. The molecule has 0 saturated heterocycles. The fraction of sp³-hybridized carbons (Fsp3) is 0.222. The molecule has 0 aliphatic rings. The molecule has 4 aromatic rings. The number of aliphatic carboxylic acids is 1. The molecular weight excluding hydrogens is 420 g/mol. The highest BCUT2D eigenvalue weighted by Gasteiger charge is 2.19. The Morgan fingerprint density at radius 2 is 1.28 bits per heavy atom. The lowest BCUT2D eigenvalue weighted by Gasteiger charge is -2.19. The molecule has 0 aromatic heterocycles. The summed E-state index contributed by atoms with van der Waals surface area (Å²) in [7, 11) is 0. The van der Waals surface area contributed by atoms with Crippen LogP contribution in [-0.4, -0.2) is 24.3 Å². The summed E-state index contributed by atoms with van der Waals surface area (Å²) >= 11 is 0. The van der Waals surface area contributed by atoms with E-state index in [9.17, 15) is 9.90 Å². The molecule has 0 heterocycles. The molecule has 166 valence electrons. The second-order valence-corrected chi connectivity index (χ2v) is 8.03. The zero-order valence-corrected chi connectivity index (χ0v) is 19.3. The van der Waals surface area contributed by atoms with E-state index >= 15 is 0 Å². The van der Waals surface area contributed by atoms with Crippen molar-refractivity contribution in [2.45, 2.75) is 20.3 Å². The lowest BCUT2D eigenvalue weighted by Crippen LogP contribution is -2.10. The van der Waals surface area contributed by atoms with Gasteiger partial charge in [-0.15, -0.1) is 0 Å². The average Bonchev–Trinajstić information content (AvgIpc) is 2.77. The number of carboxylic acids is 1. The second-order valence-electron chi connectivity index (χ2n) is 8.03. The summed E-state index contributed by atoms with van der Waals surface area (Å²) in [5.41, 5.74) is 1.79. The Balaban J connectivity index is 0.00000289. The van der Waals surface area contributed by atoms with Gasteiger partial charge >= 0.3 is 5.97 Å². The van der Waals surface area contributed by atoms with E-state index in [-0.39, 0.29) is 13.5 Å². The monoisotopic (exact) mass is 448 g/mol. The minimum Gasteiger partial charge on any atom is -0.493 e. The molecule has 0 fully saturated rings. The topological polar surface area (TPSA) is 55.8 Å². The smallest absolute Gasteiger partial charge is 0.341 e. The molecule has 4 rings (SSSR count). The van der Waals surface area contributed by atoms with Gasteiger partial charge in [-0.1, -0.05) is 74.5 Å². The van der Waals surface area contributed by atoms with E-state index in [1.54, 1.807) is 0 Å². The van der Waals surface area contributed by atoms with Crippen LogP contribution in [0.3, 0.4) is 0 Å². The van der Waals surface area contributed by atoms with Gasteiger partial charge in [0.2, 0.25) is 0 Å². The van der Waals surface area contributed by atoms with Crippen molar-refractivity contribution < 1.29 is 19.4 Å². The highest BCUT2D eigenvalue weighted by Crippen LogP contribution is 2.45. The predicted molar refractivity (Wildman–Crippen MR) is 135 cm³/mol. The standard InChI is InChI=1S/C27H26O4.H2S/c1-18(2)15-16-30-23-13-11-19-7-3-5-9-21(19)26(23)27-22-10-6-4-8-20(22)12-14-24(27)31-17-25(28)29;/h3-14,18H,15-17H2,1-2H3,(H,28,29);1H2. The van der Waals surface area contributed by atoms with Crippen LogP contribution in [0.2, 0.25) is 0 Å². The normalized spacial score (nSPS) is 10.8. The van der Waals surface area contributed by atoms with E-state index in [0.717, 1.165) is 44.8 Å². The molecule has 0 bridgehead atoms. The molecule has 5 heteroatoms. The zero-order chi connectivity index (χ0) is 21.8. The molecule has 4 aromatic carbocycles. The molecule has 0 unspecified atom stereocenters. The molecule has 0 amide bonds. The predicted octanol–water partition coefficient (Wildman–Crippen LogP) is 6.66. The fourth-order valence-corrected chi connectivity index (χ4v) is 3.80. The number of carboxylic acid groups (broad SMARTS) is 1. The van der Waals surface area contributed by atoms with Crippen molar-refractivity contribution in [2.24, 2.45) is 5.92 Å². The van der Waals surface area contributed by atoms with E-state index in [2.05, 4.69) is 32.0 Å². The Morgan fingerprint density at radius 3 is 1.78 bits per heavy atom. The van der Waals surface area contributed by atoms with Crippen molar-refractivity contribution in [3.05, 3.63) is 72.8 Å². The molecule has 4 nitrogen and oxygen atoms in total. The van der Waals surface area contributed by atoms with Gasteiger partial charge in [0, 0.05) is 11.1 Å². The first-order valence-electron chi connectivity index (χ1n) is 10.6. The van der Waals surface area contributed by atoms with Crippen LogP contribution in [-0.2, 0) is 4.79 Å². The van der Waals surface area contributed by atoms with Gasteiger partial charge in [-0.25, -0.2) is 4.79 Å².